The van der Waals surface area contributed by atoms with Crippen LogP contribution in [0.4, 0.5) is 0 Å². The van der Waals surface area contributed by atoms with Crippen LogP contribution >= 0.6 is 0 Å². The number of carbonyl (C=O) groups excluding carboxylic acids is 1. The monoisotopic (exact) mass is 315 g/mol. The molecule has 0 spiro atoms. The van der Waals surface area contributed by atoms with E-state index in [1.165, 1.54) is 11.1 Å². The van der Waals surface area contributed by atoms with Crippen LogP contribution in [-0.2, 0) is 22.4 Å². The number of hydrazine groups is 1. The first-order chi connectivity index (χ1) is 10.9. The lowest BCUT2D eigenvalue weighted by Crippen LogP contribution is -2.53. The third-order valence-electron chi connectivity index (χ3n) is 4.24. The molecule has 0 radical (unpaired) electrons. The van der Waals surface area contributed by atoms with Crippen LogP contribution in [0.15, 0.2) is 29.3 Å². The number of ether oxygens (including phenoxy) is 1. The zero-order valence-electron chi connectivity index (χ0n) is 14.1. The lowest BCUT2D eigenvalue weighted by molar-refractivity contribution is -0.126. The summed E-state index contributed by atoms with van der Waals surface area (Å²) in [5.41, 5.74) is 8.26. The normalized spacial score (nSPS) is 21.4. The van der Waals surface area contributed by atoms with Crippen LogP contribution in [0.25, 0.3) is 0 Å². The van der Waals surface area contributed by atoms with Gasteiger partial charge in [-0.3, -0.25) is 20.6 Å². The summed E-state index contributed by atoms with van der Waals surface area (Å²) in [7, 11) is 0. The van der Waals surface area contributed by atoms with E-state index in [-0.39, 0.29) is 11.5 Å². The van der Waals surface area contributed by atoms with Crippen molar-refractivity contribution >= 4 is 11.7 Å². The van der Waals surface area contributed by atoms with Crippen LogP contribution in [0.1, 0.15) is 38.3 Å². The highest BCUT2D eigenvalue weighted by molar-refractivity contribution is 5.93. The van der Waals surface area contributed by atoms with Crippen LogP contribution < -0.4 is 10.9 Å². The van der Waals surface area contributed by atoms with Crippen molar-refractivity contribution < 1.29 is 9.53 Å². The molecular formula is C18H25N3O2. The Morgan fingerprint density at radius 3 is 2.43 bits per heavy atom. The molecule has 2 N–H and O–H groups in total. The number of fused-ring (bicyclic) bond motifs is 1. The highest BCUT2D eigenvalue weighted by Gasteiger charge is 2.28. The number of amides is 1. The van der Waals surface area contributed by atoms with Gasteiger partial charge in [0.2, 0.25) is 0 Å². The maximum atomic E-state index is 11.9. The minimum atomic E-state index is -0.464. The van der Waals surface area contributed by atoms with Crippen molar-refractivity contribution in [1.82, 2.24) is 10.9 Å². The fourth-order valence-electron chi connectivity index (χ4n) is 3.11. The number of benzene rings is 1. The van der Waals surface area contributed by atoms with Gasteiger partial charge in [-0.2, -0.15) is 0 Å². The molecule has 1 aromatic carbocycles. The maximum absolute atomic E-state index is 11.9. The predicted octanol–water partition coefficient (Wildman–Crippen LogP) is 2.01. The molecule has 0 aromatic heterocycles. The van der Waals surface area contributed by atoms with Gasteiger partial charge >= 0.3 is 0 Å². The SMILES string of the molecule is CC(C)(C)OC[C@@H]1N=C(CC2Cc3ccccc3C2)NNC1=O. The quantitative estimate of drug-likeness (QED) is 0.893. The van der Waals surface area contributed by atoms with E-state index in [1.807, 2.05) is 20.8 Å². The number of amidine groups is 1. The van der Waals surface area contributed by atoms with Gasteiger partial charge in [-0.15, -0.1) is 0 Å². The van der Waals surface area contributed by atoms with Gasteiger partial charge in [0, 0.05) is 6.42 Å². The van der Waals surface area contributed by atoms with Crippen LogP contribution in [0.5, 0.6) is 0 Å². The molecule has 1 aliphatic carbocycles. The van der Waals surface area contributed by atoms with E-state index in [1.54, 1.807) is 0 Å². The number of nitrogens with zero attached hydrogens (tertiary/aromatic N) is 1. The van der Waals surface area contributed by atoms with E-state index in [4.69, 9.17) is 4.74 Å². The molecule has 1 amide bonds. The summed E-state index contributed by atoms with van der Waals surface area (Å²) < 4.78 is 5.71. The van der Waals surface area contributed by atoms with Gasteiger partial charge in [0.1, 0.15) is 5.84 Å². The van der Waals surface area contributed by atoms with E-state index < -0.39 is 6.04 Å². The molecule has 0 fully saturated rings. The van der Waals surface area contributed by atoms with E-state index in [9.17, 15) is 4.79 Å². The van der Waals surface area contributed by atoms with Gasteiger partial charge in [0.15, 0.2) is 6.04 Å². The van der Waals surface area contributed by atoms with Crippen molar-refractivity contribution in [3.63, 3.8) is 0 Å². The van der Waals surface area contributed by atoms with Crippen molar-refractivity contribution in [3.8, 4) is 0 Å². The fraction of sp³-hybridized carbons (Fsp3) is 0.556. The Kier molecular flexibility index (Phi) is 4.39. The average Bonchev–Trinajstić information content (AvgIpc) is 2.89. The summed E-state index contributed by atoms with van der Waals surface area (Å²) in [6, 6.07) is 8.13. The maximum Gasteiger partial charge on any atom is 0.265 e. The zero-order chi connectivity index (χ0) is 16.4. The molecule has 124 valence electrons. The van der Waals surface area contributed by atoms with Gasteiger partial charge in [-0.05, 0) is 50.7 Å². The summed E-state index contributed by atoms with van der Waals surface area (Å²) >= 11 is 0. The van der Waals surface area contributed by atoms with Crippen LogP contribution in [0.2, 0.25) is 0 Å². The molecule has 0 saturated carbocycles. The Morgan fingerprint density at radius 1 is 1.17 bits per heavy atom. The number of hydrogen-bond acceptors (Lipinski definition) is 4. The molecule has 5 heteroatoms. The molecule has 23 heavy (non-hydrogen) atoms. The second kappa shape index (κ2) is 6.32. The van der Waals surface area contributed by atoms with Gasteiger partial charge in [0.05, 0.1) is 12.2 Å². The molecule has 0 unspecified atom stereocenters. The van der Waals surface area contributed by atoms with Gasteiger partial charge in [-0.25, -0.2) is 0 Å². The minimum Gasteiger partial charge on any atom is -0.373 e. The zero-order valence-corrected chi connectivity index (χ0v) is 14.1. The molecule has 5 nitrogen and oxygen atoms in total. The molecule has 2 aliphatic rings. The van der Waals surface area contributed by atoms with E-state index >= 15 is 0 Å². The smallest absolute Gasteiger partial charge is 0.265 e. The Balaban J connectivity index is 1.61. The summed E-state index contributed by atoms with van der Waals surface area (Å²) in [6.45, 7) is 6.25. The summed E-state index contributed by atoms with van der Waals surface area (Å²) in [5.74, 6) is 1.26. The number of carbonyl (C=O) groups is 1. The van der Waals surface area contributed by atoms with Crippen molar-refractivity contribution in [2.45, 2.75) is 51.7 Å². The Morgan fingerprint density at radius 2 is 1.83 bits per heavy atom. The summed E-state index contributed by atoms with van der Waals surface area (Å²) in [5, 5.41) is 0. The molecule has 1 aromatic rings. The van der Waals surface area contributed by atoms with Crippen LogP contribution in [0.3, 0.4) is 0 Å². The third-order valence-corrected chi connectivity index (χ3v) is 4.24. The van der Waals surface area contributed by atoms with Crippen molar-refractivity contribution in [2.24, 2.45) is 10.9 Å². The lowest BCUT2D eigenvalue weighted by atomic mass is 10.0. The fourth-order valence-corrected chi connectivity index (χ4v) is 3.11. The van der Waals surface area contributed by atoms with Crippen LogP contribution in [-0.4, -0.2) is 30.0 Å². The highest BCUT2D eigenvalue weighted by atomic mass is 16.5. The number of aliphatic imine (C=N–C) groups is 1. The topological polar surface area (TPSA) is 62.7 Å². The predicted molar refractivity (Wildman–Crippen MR) is 90.2 cm³/mol. The lowest BCUT2D eigenvalue weighted by Gasteiger charge is -2.26. The standard InChI is InChI=1S/C18H25N3O2/c1-18(2,3)23-11-15-17(22)21-20-16(19-15)10-12-8-13-6-4-5-7-14(13)9-12/h4-7,12,15H,8-11H2,1-3H3,(H,19,20)(H,21,22)/t15-/m0/s1. The largest absolute Gasteiger partial charge is 0.373 e. The second-order valence-corrected chi connectivity index (χ2v) is 7.38. The molecule has 0 saturated heterocycles. The van der Waals surface area contributed by atoms with E-state index in [0.29, 0.717) is 12.5 Å². The first-order valence-corrected chi connectivity index (χ1v) is 8.24. The molecular weight excluding hydrogens is 290 g/mol. The van der Waals surface area contributed by atoms with Crippen molar-refractivity contribution in [1.29, 1.82) is 0 Å². The Bertz CT molecular complexity index is 594. The summed E-state index contributed by atoms with van der Waals surface area (Å²) in [4.78, 5) is 16.5. The second-order valence-electron chi connectivity index (χ2n) is 7.38. The Labute approximate surface area is 137 Å². The van der Waals surface area contributed by atoms with E-state index in [0.717, 1.165) is 25.1 Å². The number of hydrogen-bond donors (Lipinski definition) is 2. The van der Waals surface area contributed by atoms with Crippen LogP contribution in [0, 0.1) is 5.92 Å². The average molecular weight is 315 g/mol. The number of nitrogens with one attached hydrogen (secondary N) is 2. The van der Waals surface area contributed by atoms with Crippen molar-refractivity contribution in [2.75, 3.05) is 6.61 Å². The highest BCUT2D eigenvalue weighted by Crippen LogP contribution is 2.28. The van der Waals surface area contributed by atoms with Gasteiger partial charge in [-0.1, -0.05) is 24.3 Å². The van der Waals surface area contributed by atoms with Gasteiger partial charge < -0.3 is 4.74 Å². The molecule has 1 heterocycles. The molecule has 0 bridgehead atoms. The Hall–Kier alpha value is -1.88. The first-order valence-electron chi connectivity index (χ1n) is 8.24. The first kappa shape index (κ1) is 16.0. The number of rotatable bonds is 4. The van der Waals surface area contributed by atoms with Crippen molar-refractivity contribution in [3.05, 3.63) is 35.4 Å². The third kappa shape index (κ3) is 4.10. The molecule has 3 rings (SSSR count). The minimum absolute atomic E-state index is 0.132. The van der Waals surface area contributed by atoms with E-state index in [2.05, 4.69) is 40.1 Å². The molecule has 1 atom stereocenters. The van der Waals surface area contributed by atoms with Gasteiger partial charge in [0.25, 0.3) is 5.91 Å². The summed E-state index contributed by atoms with van der Waals surface area (Å²) in [6.07, 6.45) is 3.00. The molecule has 1 aliphatic heterocycles.